The van der Waals surface area contributed by atoms with Crippen LogP contribution in [0.25, 0.3) is 10.9 Å². The van der Waals surface area contributed by atoms with Crippen LogP contribution in [-0.2, 0) is 0 Å². The van der Waals surface area contributed by atoms with Crippen LogP contribution in [0.5, 0.6) is 5.75 Å². The van der Waals surface area contributed by atoms with Gasteiger partial charge in [0.05, 0.1) is 17.8 Å². The average Bonchev–Trinajstić information content (AvgIpc) is 2.54. The highest BCUT2D eigenvalue weighted by Crippen LogP contribution is 2.25. The second-order valence-electron chi connectivity index (χ2n) is 4.84. The molecule has 0 radical (unpaired) electrons. The van der Waals surface area contributed by atoms with E-state index in [1.807, 2.05) is 67.6 Å². The molecule has 0 fully saturated rings. The van der Waals surface area contributed by atoms with Gasteiger partial charge in [-0.1, -0.05) is 36.4 Å². The maximum absolute atomic E-state index is 10.5. The van der Waals surface area contributed by atoms with Crippen molar-refractivity contribution in [2.24, 2.45) is 0 Å². The number of aliphatic hydroxyl groups is 1. The zero-order valence-corrected chi connectivity index (χ0v) is 11.9. The standard InChI is InChI=1S/C18H17NO2/c1-2-21-15-8-5-7-14(12-15)18(20)17-11-10-13-6-3-4-9-16(13)19-17/h3-12,18,20H,2H2,1H3. The molecule has 3 rings (SSSR count). The molecular formula is C18H17NO2. The lowest BCUT2D eigenvalue weighted by Crippen LogP contribution is -2.03. The molecule has 0 saturated carbocycles. The first-order chi connectivity index (χ1) is 10.3. The minimum Gasteiger partial charge on any atom is -0.494 e. The Hall–Kier alpha value is -2.39. The maximum Gasteiger partial charge on any atom is 0.121 e. The molecule has 1 unspecified atom stereocenters. The van der Waals surface area contributed by atoms with E-state index in [-0.39, 0.29) is 0 Å². The minimum absolute atomic E-state index is 0.605. The van der Waals surface area contributed by atoms with Crippen molar-refractivity contribution in [1.82, 2.24) is 4.98 Å². The normalized spacial score (nSPS) is 12.3. The molecule has 1 heterocycles. The largest absolute Gasteiger partial charge is 0.494 e. The topological polar surface area (TPSA) is 42.4 Å². The zero-order chi connectivity index (χ0) is 14.7. The van der Waals surface area contributed by atoms with Crippen LogP contribution in [0.4, 0.5) is 0 Å². The van der Waals surface area contributed by atoms with Gasteiger partial charge in [0.15, 0.2) is 0 Å². The van der Waals surface area contributed by atoms with Crippen molar-refractivity contribution in [2.45, 2.75) is 13.0 Å². The lowest BCUT2D eigenvalue weighted by atomic mass is 10.0. The third kappa shape index (κ3) is 2.88. The summed E-state index contributed by atoms with van der Waals surface area (Å²) in [5, 5.41) is 11.6. The van der Waals surface area contributed by atoms with Gasteiger partial charge in [-0.05, 0) is 36.8 Å². The third-order valence-corrected chi connectivity index (χ3v) is 3.38. The number of para-hydroxylation sites is 1. The molecule has 0 spiro atoms. The van der Waals surface area contributed by atoms with E-state index < -0.39 is 6.10 Å². The molecular weight excluding hydrogens is 262 g/mol. The smallest absolute Gasteiger partial charge is 0.121 e. The van der Waals surface area contributed by atoms with Crippen LogP contribution in [0.15, 0.2) is 60.7 Å². The van der Waals surface area contributed by atoms with Crippen LogP contribution in [-0.4, -0.2) is 16.7 Å². The van der Waals surface area contributed by atoms with E-state index >= 15 is 0 Å². The molecule has 2 aromatic carbocycles. The molecule has 0 bridgehead atoms. The molecule has 1 aromatic heterocycles. The van der Waals surface area contributed by atoms with Crippen molar-refractivity contribution in [3.8, 4) is 5.75 Å². The van der Waals surface area contributed by atoms with Gasteiger partial charge >= 0.3 is 0 Å². The van der Waals surface area contributed by atoms with Gasteiger partial charge < -0.3 is 9.84 Å². The number of aliphatic hydroxyl groups excluding tert-OH is 1. The lowest BCUT2D eigenvalue weighted by molar-refractivity contribution is 0.215. The fourth-order valence-corrected chi connectivity index (χ4v) is 2.35. The number of ether oxygens (including phenoxy) is 1. The van der Waals surface area contributed by atoms with E-state index in [0.29, 0.717) is 12.3 Å². The van der Waals surface area contributed by atoms with Crippen molar-refractivity contribution < 1.29 is 9.84 Å². The van der Waals surface area contributed by atoms with Crippen molar-refractivity contribution >= 4 is 10.9 Å². The van der Waals surface area contributed by atoms with Crippen molar-refractivity contribution in [2.75, 3.05) is 6.61 Å². The van der Waals surface area contributed by atoms with Gasteiger partial charge in [0.25, 0.3) is 0 Å². The Labute approximate surface area is 123 Å². The monoisotopic (exact) mass is 279 g/mol. The van der Waals surface area contributed by atoms with Gasteiger partial charge in [0.1, 0.15) is 11.9 Å². The number of nitrogens with zero attached hydrogens (tertiary/aromatic N) is 1. The summed E-state index contributed by atoms with van der Waals surface area (Å²) < 4.78 is 5.47. The molecule has 0 aliphatic carbocycles. The number of hydrogen-bond donors (Lipinski definition) is 1. The van der Waals surface area contributed by atoms with E-state index in [4.69, 9.17) is 4.74 Å². The van der Waals surface area contributed by atoms with Crippen LogP contribution in [0.2, 0.25) is 0 Å². The lowest BCUT2D eigenvalue weighted by Gasteiger charge is -2.13. The van der Waals surface area contributed by atoms with Crippen LogP contribution >= 0.6 is 0 Å². The molecule has 106 valence electrons. The Kier molecular flexibility index (Phi) is 3.84. The Morgan fingerprint density at radius 1 is 1.05 bits per heavy atom. The number of rotatable bonds is 4. The van der Waals surface area contributed by atoms with Crippen LogP contribution in [0.1, 0.15) is 24.3 Å². The molecule has 3 aromatic rings. The molecule has 1 atom stereocenters. The summed E-state index contributed by atoms with van der Waals surface area (Å²) in [4.78, 5) is 4.54. The van der Waals surface area contributed by atoms with Gasteiger partial charge in [-0.2, -0.15) is 0 Å². The maximum atomic E-state index is 10.5. The van der Waals surface area contributed by atoms with Crippen LogP contribution in [0, 0.1) is 0 Å². The highest BCUT2D eigenvalue weighted by molar-refractivity contribution is 5.78. The summed E-state index contributed by atoms with van der Waals surface area (Å²) in [6, 6.07) is 19.2. The molecule has 0 aliphatic heterocycles. The van der Waals surface area contributed by atoms with Gasteiger partial charge in [-0.3, -0.25) is 0 Å². The second kappa shape index (κ2) is 5.94. The Morgan fingerprint density at radius 2 is 1.90 bits per heavy atom. The molecule has 21 heavy (non-hydrogen) atoms. The Morgan fingerprint density at radius 3 is 2.76 bits per heavy atom. The summed E-state index contributed by atoms with van der Waals surface area (Å²) in [6.45, 7) is 2.54. The molecule has 0 aliphatic rings. The first-order valence-corrected chi connectivity index (χ1v) is 7.04. The average molecular weight is 279 g/mol. The highest BCUT2D eigenvalue weighted by atomic mass is 16.5. The molecule has 3 heteroatoms. The van der Waals surface area contributed by atoms with Crippen LogP contribution < -0.4 is 4.74 Å². The van der Waals surface area contributed by atoms with Crippen LogP contribution in [0.3, 0.4) is 0 Å². The first kappa shape index (κ1) is 13.6. The van der Waals surface area contributed by atoms with Crippen molar-refractivity contribution in [3.63, 3.8) is 0 Å². The number of fused-ring (bicyclic) bond motifs is 1. The van der Waals surface area contributed by atoms with E-state index in [9.17, 15) is 5.11 Å². The van der Waals surface area contributed by atoms with E-state index in [1.165, 1.54) is 0 Å². The van der Waals surface area contributed by atoms with Gasteiger partial charge in [-0.15, -0.1) is 0 Å². The molecule has 0 saturated heterocycles. The number of pyridine rings is 1. The number of benzene rings is 2. The van der Waals surface area contributed by atoms with E-state index in [2.05, 4.69) is 4.98 Å². The zero-order valence-electron chi connectivity index (χ0n) is 11.9. The minimum atomic E-state index is -0.755. The summed E-state index contributed by atoms with van der Waals surface area (Å²) in [5.74, 6) is 0.759. The number of hydrogen-bond acceptors (Lipinski definition) is 3. The van der Waals surface area contributed by atoms with Gasteiger partial charge in [0, 0.05) is 5.39 Å². The quantitative estimate of drug-likeness (QED) is 0.791. The van der Waals surface area contributed by atoms with E-state index in [0.717, 1.165) is 22.2 Å². The first-order valence-electron chi connectivity index (χ1n) is 7.04. The second-order valence-corrected chi connectivity index (χ2v) is 4.84. The SMILES string of the molecule is CCOc1cccc(C(O)c2ccc3ccccc3n2)c1. The predicted molar refractivity (Wildman–Crippen MR) is 83.4 cm³/mol. The van der Waals surface area contributed by atoms with Gasteiger partial charge in [-0.25, -0.2) is 4.98 Å². The number of aromatic nitrogens is 1. The summed E-state index contributed by atoms with van der Waals surface area (Å²) in [7, 11) is 0. The fourth-order valence-electron chi connectivity index (χ4n) is 2.35. The third-order valence-electron chi connectivity index (χ3n) is 3.38. The fraction of sp³-hybridized carbons (Fsp3) is 0.167. The summed E-state index contributed by atoms with van der Waals surface area (Å²) in [5.41, 5.74) is 2.31. The van der Waals surface area contributed by atoms with Crippen molar-refractivity contribution in [3.05, 3.63) is 71.9 Å². The van der Waals surface area contributed by atoms with Crippen molar-refractivity contribution in [1.29, 1.82) is 0 Å². The molecule has 0 amide bonds. The Bertz CT molecular complexity index is 755. The molecule has 3 nitrogen and oxygen atoms in total. The highest BCUT2D eigenvalue weighted by Gasteiger charge is 2.13. The summed E-state index contributed by atoms with van der Waals surface area (Å²) in [6.07, 6.45) is -0.755. The van der Waals surface area contributed by atoms with Gasteiger partial charge in [0.2, 0.25) is 0 Å². The molecule has 1 N–H and O–H groups in total. The summed E-state index contributed by atoms with van der Waals surface area (Å²) >= 11 is 0. The Balaban J connectivity index is 1.95. The predicted octanol–water partition coefficient (Wildman–Crippen LogP) is 3.72. The van der Waals surface area contributed by atoms with E-state index in [1.54, 1.807) is 0 Å².